The van der Waals surface area contributed by atoms with Crippen molar-refractivity contribution in [3.05, 3.63) is 104 Å². The lowest BCUT2D eigenvalue weighted by molar-refractivity contribution is 0.549. The molecule has 3 aromatic rings. The molecule has 0 saturated heterocycles. The lowest BCUT2D eigenvalue weighted by Crippen LogP contribution is -2.13. The number of nitrogens with zero attached hydrogens (tertiary/aromatic N) is 2. The summed E-state index contributed by atoms with van der Waals surface area (Å²) in [7, 11) is 0. The number of nitroso groups, excluding NO2 is 1. The largest absolute Gasteiger partial charge is 0.258 e. The van der Waals surface area contributed by atoms with Gasteiger partial charge in [-0.2, -0.15) is 4.91 Å². The van der Waals surface area contributed by atoms with Crippen LogP contribution < -0.4 is 0 Å². The molecule has 0 radical (unpaired) electrons. The topological polar surface area (TPSA) is 42.3 Å². The second kappa shape index (κ2) is 8.37. The molecule has 3 rings (SSSR count). The molecular formula is C22H21BrN2O. The van der Waals surface area contributed by atoms with Crippen LogP contribution in [0.4, 0.5) is 0 Å². The number of benzene rings is 2. The lowest BCUT2D eigenvalue weighted by Gasteiger charge is -2.23. The second-order valence-corrected chi connectivity index (χ2v) is 7.50. The van der Waals surface area contributed by atoms with Crippen LogP contribution in [-0.4, -0.2) is 4.98 Å². The highest BCUT2D eigenvalue weighted by Gasteiger charge is 2.27. The average Bonchev–Trinajstić information content (AvgIpc) is 2.63. The highest BCUT2D eigenvalue weighted by molar-refractivity contribution is 9.10. The van der Waals surface area contributed by atoms with Gasteiger partial charge in [0.1, 0.15) is 6.04 Å². The molecule has 2 unspecified atom stereocenters. The van der Waals surface area contributed by atoms with E-state index in [9.17, 15) is 4.91 Å². The Hall–Kier alpha value is -2.33. The molecule has 0 fully saturated rings. The number of hydrogen-bond acceptors (Lipinski definition) is 3. The molecule has 2 aromatic carbocycles. The van der Waals surface area contributed by atoms with E-state index in [0.29, 0.717) is 0 Å². The van der Waals surface area contributed by atoms with Crippen molar-refractivity contribution < 1.29 is 0 Å². The monoisotopic (exact) mass is 408 g/mol. The highest BCUT2D eigenvalue weighted by Crippen LogP contribution is 2.37. The molecule has 2 atom stereocenters. The first-order chi connectivity index (χ1) is 12.6. The number of rotatable bonds is 6. The minimum atomic E-state index is -0.457. The Kier molecular flexibility index (Phi) is 5.94. The van der Waals surface area contributed by atoms with E-state index in [1.54, 1.807) is 0 Å². The summed E-state index contributed by atoms with van der Waals surface area (Å²) in [4.78, 5) is 16.3. The zero-order chi connectivity index (χ0) is 18.5. The predicted molar refractivity (Wildman–Crippen MR) is 109 cm³/mol. The molecular weight excluding hydrogens is 388 g/mol. The average molecular weight is 409 g/mol. The van der Waals surface area contributed by atoms with Gasteiger partial charge >= 0.3 is 0 Å². The summed E-state index contributed by atoms with van der Waals surface area (Å²) in [5, 5.41) is 3.54. The van der Waals surface area contributed by atoms with Crippen molar-refractivity contribution in [2.24, 2.45) is 5.18 Å². The molecule has 26 heavy (non-hydrogen) atoms. The first kappa shape index (κ1) is 18.5. The maximum Gasteiger partial charge on any atom is 0.124 e. The summed E-state index contributed by atoms with van der Waals surface area (Å²) in [6.45, 7) is 3.90. The molecule has 0 aliphatic rings. The molecule has 0 spiro atoms. The van der Waals surface area contributed by atoms with Crippen LogP contribution in [0.25, 0.3) is 0 Å². The molecule has 4 heteroatoms. The van der Waals surface area contributed by atoms with Crippen LogP contribution in [0.3, 0.4) is 0 Å². The Labute approximate surface area is 162 Å². The molecule has 0 bridgehead atoms. The summed E-state index contributed by atoms with van der Waals surface area (Å²) in [5.74, 6) is -0.0314. The van der Waals surface area contributed by atoms with Crippen molar-refractivity contribution in [1.29, 1.82) is 0 Å². The molecule has 0 aliphatic carbocycles. The maximum atomic E-state index is 11.9. The minimum Gasteiger partial charge on any atom is -0.258 e. The molecule has 132 valence electrons. The fourth-order valence-corrected chi connectivity index (χ4v) is 3.65. The van der Waals surface area contributed by atoms with Crippen LogP contribution in [0.15, 0.2) is 76.4 Å². The first-order valence-electron chi connectivity index (χ1n) is 8.64. The Balaban J connectivity index is 2.03. The van der Waals surface area contributed by atoms with Gasteiger partial charge in [0, 0.05) is 21.8 Å². The van der Waals surface area contributed by atoms with Crippen molar-refractivity contribution in [3.8, 4) is 0 Å². The molecule has 3 nitrogen and oxygen atoms in total. The third-order valence-electron chi connectivity index (χ3n) is 4.54. The maximum absolute atomic E-state index is 11.9. The zero-order valence-electron chi connectivity index (χ0n) is 14.9. The van der Waals surface area contributed by atoms with Gasteiger partial charge in [-0.1, -0.05) is 63.6 Å². The lowest BCUT2D eigenvalue weighted by atomic mass is 9.83. The fraction of sp³-hybridized carbons (Fsp3) is 0.227. The zero-order valence-corrected chi connectivity index (χ0v) is 16.5. The van der Waals surface area contributed by atoms with E-state index in [2.05, 4.69) is 50.4 Å². The van der Waals surface area contributed by atoms with Gasteiger partial charge in [-0.25, -0.2) is 0 Å². The summed E-state index contributed by atoms with van der Waals surface area (Å²) in [6, 6.07) is 21.9. The Morgan fingerprint density at radius 3 is 2.12 bits per heavy atom. The number of pyridine rings is 1. The van der Waals surface area contributed by atoms with E-state index in [1.807, 2.05) is 56.3 Å². The molecule has 1 aromatic heterocycles. The van der Waals surface area contributed by atoms with Crippen molar-refractivity contribution in [2.45, 2.75) is 32.2 Å². The van der Waals surface area contributed by atoms with Gasteiger partial charge < -0.3 is 0 Å². The number of halogens is 1. The number of aromatic nitrogens is 1. The van der Waals surface area contributed by atoms with E-state index in [4.69, 9.17) is 0 Å². The quantitative estimate of drug-likeness (QED) is 0.449. The molecule has 0 N–H and O–H groups in total. The smallest absolute Gasteiger partial charge is 0.124 e. The van der Waals surface area contributed by atoms with Gasteiger partial charge in [0.05, 0.1) is 0 Å². The molecule has 0 amide bonds. The van der Waals surface area contributed by atoms with Crippen molar-refractivity contribution in [1.82, 2.24) is 4.98 Å². The molecule has 0 aliphatic heterocycles. The Bertz CT molecular complexity index is 858. The van der Waals surface area contributed by atoms with E-state index in [1.165, 1.54) is 5.56 Å². The van der Waals surface area contributed by atoms with Gasteiger partial charge in [0.2, 0.25) is 0 Å². The van der Waals surface area contributed by atoms with Crippen molar-refractivity contribution in [3.63, 3.8) is 0 Å². The number of aryl methyl sites for hydroxylation is 2. The molecule has 0 saturated carbocycles. The van der Waals surface area contributed by atoms with Gasteiger partial charge in [0.25, 0.3) is 0 Å². The van der Waals surface area contributed by atoms with Crippen molar-refractivity contribution >= 4 is 15.9 Å². The van der Waals surface area contributed by atoms with E-state index in [-0.39, 0.29) is 5.92 Å². The minimum absolute atomic E-state index is 0.0314. The third kappa shape index (κ3) is 4.44. The SMILES string of the molecule is Cc1cc(C(N=O)C(Cc2ccc(Br)cc2)c2ccccc2)cc(C)n1. The highest BCUT2D eigenvalue weighted by atomic mass is 79.9. The second-order valence-electron chi connectivity index (χ2n) is 6.58. The van der Waals surface area contributed by atoms with Crippen LogP contribution in [-0.2, 0) is 6.42 Å². The summed E-state index contributed by atoms with van der Waals surface area (Å²) in [5.41, 5.74) is 5.04. The summed E-state index contributed by atoms with van der Waals surface area (Å²) >= 11 is 3.48. The number of hydrogen-bond donors (Lipinski definition) is 0. The van der Waals surface area contributed by atoms with Crippen LogP contribution >= 0.6 is 15.9 Å². The summed E-state index contributed by atoms with van der Waals surface area (Å²) < 4.78 is 1.04. The standard InChI is InChI=1S/C22H21BrN2O/c1-15-12-19(13-16(2)24-15)22(25-26)21(18-6-4-3-5-7-18)14-17-8-10-20(23)11-9-17/h3-13,21-22H,14H2,1-2H3. The van der Waals surface area contributed by atoms with Gasteiger partial charge in [-0.15, -0.1) is 0 Å². The van der Waals surface area contributed by atoms with E-state index in [0.717, 1.165) is 33.4 Å². The van der Waals surface area contributed by atoms with Crippen LogP contribution in [0.2, 0.25) is 0 Å². The van der Waals surface area contributed by atoms with Crippen LogP contribution in [0.5, 0.6) is 0 Å². The predicted octanol–water partition coefficient (Wildman–Crippen LogP) is 6.29. The van der Waals surface area contributed by atoms with Crippen molar-refractivity contribution in [2.75, 3.05) is 0 Å². The third-order valence-corrected chi connectivity index (χ3v) is 5.07. The first-order valence-corrected chi connectivity index (χ1v) is 9.43. The molecule has 1 heterocycles. The Morgan fingerprint density at radius 2 is 1.54 bits per heavy atom. The van der Waals surface area contributed by atoms with Crippen LogP contribution in [0, 0.1) is 18.8 Å². The Morgan fingerprint density at radius 1 is 0.923 bits per heavy atom. The van der Waals surface area contributed by atoms with E-state index < -0.39 is 6.04 Å². The fourth-order valence-electron chi connectivity index (χ4n) is 3.39. The van der Waals surface area contributed by atoms with Gasteiger partial charge in [-0.3, -0.25) is 4.98 Å². The normalized spacial score (nSPS) is 13.2. The van der Waals surface area contributed by atoms with E-state index >= 15 is 0 Å². The summed E-state index contributed by atoms with van der Waals surface area (Å²) in [6.07, 6.45) is 0.744. The van der Waals surface area contributed by atoms with Gasteiger partial charge in [0.15, 0.2) is 0 Å². The van der Waals surface area contributed by atoms with Gasteiger partial charge in [-0.05, 0) is 61.2 Å². The van der Waals surface area contributed by atoms with Crippen LogP contribution in [0.1, 0.15) is 40.0 Å².